The lowest BCUT2D eigenvalue weighted by atomic mass is 9.98. The van der Waals surface area contributed by atoms with Crippen LogP contribution in [0.1, 0.15) is 181 Å². The third-order valence-corrected chi connectivity index (χ3v) is 8.86. The number of aliphatic hydroxyl groups is 4. The molecule has 0 heterocycles. The summed E-state index contributed by atoms with van der Waals surface area (Å²) in [5.74, 6) is 0.270. The second kappa shape index (κ2) is 29.4. The van der Waals surface area contributed by atoms with E-state index in [2.05, 4.69) is 26.1 Å². The Hall–Kier alpha value is -0.690. The highest BCUT2D eigenvalue weighted by Crippen LogP contribution is 2.17. The molecule has 0 fully saturated rings. The third-order valence-electron chi connectivity index (χ3n) is 8.86. The van der Waals surface area contributed by atoms with E-state index in [0.717, 1.165) is 44.4 Å². The van der Waals surface area contributed by atoms with E-state index in [1.165, 1.54) is 109 Å². The second-order valence-corrected chi connectivity index (χ2v) is 12.8. The van der Waals surface area contributed by atoms with Gasteiger partial charge in [0, 0.05) is 0 Å². The van der Waals surface area contributed by atoms with E-state index >= 15 is 0 Å². The minimum Gasteiger partial charge on any atom is -0.394 e. The number of hydrogen-bond donors (Lipinski definition) is 5. The van der Waals surface area contributed by atoms with Crippen LogP contribution >= 0.6 is 0 Å². The van der Waals surface area contributed by atoms with Crippen molar-refractivity contribution in [2.45, 2.75) is 206 Å². The van der Waals surface area contributed by atoms with E-state index in [9.17, 15) is 25.2 Å². The maximum Gasteiger partial charge on any atom is 0.249 e. The van der Waals surface area contributed by atoms with Gasteiger partial charge in [-0.25, -0.2) is 0 Å². The first-order valence-electron chi connectivity index (χ1n) is 17.8. The van der Waals surface area contributed by atoms with E-state index in [-0.39, 0.29) is 0 Å². The molecular formula is C35H71NO5. The lowest BCUT2D eigenvalue weighted by molar-refractivity contribution is -0.132. The third kappa shape index (κ3) is 24.4. The van der Waals surface area contributed by atoms with Gasteiger partial charge in [0.2, 0.25) is 5.91 Å². The maximum atomic E-state index is 12.4. The molecule has 0 aromatic heterocycles. The zero-order valence-electron chi connectivity index (χ0n) is 27.5. The predicted molar refractivity (Wildman–Crippen MR) is 173 cm³/mol. The van der Waals surface area contributed by atoms with Gasteiger partial charge in [-0.3, -0.25) is 4.79 Å². The first-order valence-corrected chi connectivity index (χ1v) is 17.8. The van der Waals surface area contributed by atoms with E-state index in [1.807, 2.05) is 0 Å². The van der Waals surface area contributed by atoms with Crippen molar-refractivity contribution in [2.75, 3.05) is 6.61 Å². The summed E-state index contributed by atoms with van der Waals surface area (Å²) in [6, 6.07) is -0.977. The summed E-state index contributed by atoms with van der Waals surface area (Å²) in [5, 5.41) is 43.4. The van der Waals surface area contributed by atoms with E-state index in [1.54, 1.807) is 0 Å². The number of nitrogens with one attached hydrogen (secondary N) is 1. The monoisotopic (exact) mass is 586 g/mol. The molecule has 0 saturated carbocycles. The van der Waals surface area contributed by atoms with Crippen molar-refractivity contribution in [3.63, 3.8) is 0 Å². The molecule has 5 atom stereocenters. The molecule has 0 rings (SSSR count). The van der Waals surface area contributed by atoms with Crippen LogP contribution in [-0.4, -0.2) is 57.3 Å². The lowest BCUT2D eigenvalue weighted by Crippen LogP contribution is -2.53. The minimum absolute atomic E-state index is 0.373. The Morgan fingerprint density at radius 1 is 0.585 bits per heavy atom. The van der Waals surface area contributed by atoms with Crippen molar-refractivity contribution in [3.05, 3.63) is 0 Å². The van der Waals surface area contributed by atoms with Crippen molar-refractivity contribution >= 4 is 5.91 Å². The lowest BCUT2D eigenvalue weighted by Gasteiger charge is -2.27. The fraction of sp³-hybridized carbons (Fsp3) is 0.971. The number of unbranched alkanes of at least 4 members (excludes halogenated alkanes) is 19. The zero-order chi connectivity index (χ0) is 30.6. The Balaban J connectivity index is 3.84. The Morgan fingerprint density at radius 2 is 0.976 bits per heavy atom. The van der Waals surface area contributed by atoms with Gasteiger partial charge in [-0.15, -0.1) is 0 Å². The summed E-state index contributed by atoms with van der Waals surface area (Å²) in [6.45, 7) is 6.37. The van der Waals surface area contributed by atoms with Gasteiger partial charge >= 0.3 is 0 Å². The molecule has 0 aliphatic heterocycles. The van der Waals surface area contributed by atoms with Crippen molar-refractivity contribution in [1.82, 2.24) is 5.32 Å². The fourth-order valence-electron chi connectivity index (χ4n) is 5.55. The molecule has 0 spiro atoms. The Morgan fingerprint density at radius 3 is 1.39 bits per heavy atom. The van der Waals surface area contributed by atoms with E-state index < -0.39 is 36.9 Å². The van der Waals surface area contributed by atoms with Gasteiger partial charge in [0.25, 0.3) is 0 Å². The van der Waals surface area contributed by atoms with Crippen LogP contribution in [0, 0.1) is 5.92 Å². The minimum atomic E-state index is -1.25. The van der Waals surface area contributed by atoms with Gasteiger partial charge in [-0.2, -0.15) is 0 Å². The molecule has 0 aliphatic rings. The van der Waals surface area contributed by atoms with Gasteiger partial charge < -0.3 is 25.7 Å². The number of hydrogen-bond acceptors (Lipinski definition) is 5. The topological polar surface area (TPSA) is 110 Å². The standard InChI is InChI=1S/C35H71NO5/c1-4-6-7-8-9-10-11-12-15-19-22-25-28-33(39)35(41)36-31(29-37)34(40)32(38)27-24-21-18-16-13-14-17-20-23-26-30(3)5-2/h30-34,37-40H,4-29H2,1-3H3,(H,36,41)/t30?,31-,32+,33+,34-/m0/s1. The van der Waals surface area contributed by atoms with Gasteiger partial charge in [0.1, 0.15) is 12.2 Å². The highest BCUT2D eigenvalue weighted by molar-refractivity contribution is 5.80. The highest BCUT2D eigenvalue weighted by Gasteiger charge is 2.28. The summed E-state index contributed by atoms with van der Waals surface area (Å²) in [5.41, 5.74) is 0. The van der Waals surface area contributed by atoms with Crippen LogP contribution in [0.3, 0.4) is 0 Å². The maximum absolute atomic E-state index is 12.4. The molecule has 5 N–H and O–H groups in total. The van der Waals surface area contributed by atoms with Crippen molar-refractivity contribution in [2.24, 2.45) is 5.92 Å². The van der Waals surface area contributed by atoms with E-state index in [0.29, 0.717) is 12.8 Å². The molecular weight excluding hydrogens is 514 g/mol. The Bertz CT molecular complexity index is 561. The van der Waals surface area contributed by atoms with Crippen molar-refractivity contribution in [3.8, 4) is 0 Å². The molecule has 246 valence electrons. The molecule has 1 amide bonds. The summed E-state index contributed by atoms with van der Waals surface area (Å²) >= 11 is 0. The average molecular weight is 586 g/mol. The van der Waals surface area contributed by atoms with Gasteiger partial charge in [0.05, 0.1) is 18.8 Å². The Labute approximate surface area is 254 Å². The molecule has 0 radical (unpaired) electrons. The molecule has 0 saturated heterocycles. The molecule has 41 heavy (non-hydrogen) atoms. The molecule has 0 bridgehead atoms. The summed E-state index contributed by atoms with van der Waals surface area (Å²) in [4.78, 5) is 12.4. The highest BCUT2D eigenvalue weighted by atomic mass is 16.3. The first-order chi connectivity index (χ1) is 19.9. The number of aliphatic hydroxyl groups excluding tert-OH is 4. The van der Waals surface area contributed by atoms with Gasteiger partial charge in [0.15, 0.2) is 0 Å². The molecule has 0 aliphatic carbocycles. The van der Waals surface area contributed by atoms with Crippen LogP contribution in [0.25, 0.3) is 0 Å². The SMILES string of the molecule is CCCCCCCCCCCCCC[C@@H](O)C(=O)N[C@@H](CO)[C@H](O)[C@H](O)CCCCCCCCCCCC(C)CC. The van der Waals surface area contributed by atoms with Crippen LogP contribution in [0.15, 0.2) is 0 Å². The molecule has 1 unspecified atom stereocenters. The number of carbonyl (C=O) groups is 1. The zero-order valence-corrected chi connectivity index (χ0v) is 27.5. The Kier molecular flexibility index (Phi) is 28.9. The molecule has 6 nitrogen and oxygen atoms in total. The fourth-order valence-corrected chi connectivity index (χ4v) is 5.55. The predicted octanol–water partition coefficient (Wildman–Crippen LogP) is 7.97. The normalized spacial score (nSPS) is 15.4. The van der Waals surface area contributed by atoms with Crippen LogP contribution in [-0.2, 0) is 4.79 Å². The smallest absolute Gasteiger partial charge is 0.249 e. The molecule has 6 heteroatoms. The molecule has 0 aromatic carbocycles. The number of rotatable bonds is 31. The van der Waals surface area contributed by atoms with Crippen LogP contribution in [0.4, 0.5) is 0 Å². The first kappa shape index (κ1) is 40.3. The average Bonchev–Trinajstić information content (AvgIpc) is 2.98. The summed E-state index contributed by atoms with van der Waals surface area (Å²) in [7, 11) is 0. The second-order valence-electron chi connectivity index (χ2n) is 12.8. The van der Waals surface area contributed by atoms with Crippen molar-refractivity contribution in [1.29, 1.82) is 0 Å². The largest absolute Gasteiger partial charge is 0.394 e. The summed E-state index contributed by atoms with van der Waals surface area (Å²) < 4.78 is 0. The number of amides is 1. The van der Waals surface area contributed by atoms with Crippen molar-refractivity contribution < 1.29 is 25.2 Å². The van der Waals surface area contributed by atoms with Crippen LogP contribution in [0.2, 0.25) is 0 Å². The molecule has 0 aromatic rings. The number of carbonyl (C=O) groups excluding carboxylic acids is 1. The van der Waals surface area contributed by atoms with Gasteiger partial charge in [-0.1, -0.05) is 168 Å². The summed E-state index contributed by atoms with van der Waals surface area (Å²) in [6.07, 6.45) is 25.4. The quantitative estimate of drug-likeness (QED) is 0.0530. The van der Waals surface area contributed by atoms with Crippen LogP contribution in [0.5, 0.6) is 0 Å². The van der Waals surface area contributed by atoms with Crippen LogP contribution < -0.4 is 5.32 Å². The van der Waals surface area contributed by atoms with Gasteiger partial charge in [-0.05, 0) is 18.8 Å². The van der Waals surface area contributed by atoms with E-state index in [4.69, 9.17) is 0 Å².